The van der Waals surface area contributed by atoms with E-state index in [0.717, 1.165) is 11.1 Å². The molecule has 4 aromatic rings. The van der Waals surface area contributed by atoms with Gasteiger partial charge in [0.2, 0.25) is 5.88 Å². The summed E-state index contributed by atoms with van der Waals surface area (Å²) in [4.78, 5) is 12.6. The van der Waals surface area contributed by atoms with E-state index in [2.05, 4.69) is 26.8 Å². The van der Waals surface area contributed by atoms with Gasteiger partial charge in [0.15, 0.2) is 0 Å². The van der Waals surface area contributed by atoms with Crippen LogP contribution in [-0.2, 0) is 16.8 Å². The maximum atomic E-state index is 14.1. The Morgan fingerprint density at radius 1 is 1.00 bits per heavy atom. The summed E-state index contributed by atoms with van der Waals surface area (Å²) in [7, 11) is 0. The predicted molar refractivity (Wildman–Crippen MR) is 163 cm³/mol. The average Bonchev–Trinajstić information content (AvgIpc) is 2.99. The largest absolute Gasteiger partial charge is 0.489 e. The van der Waals surface area contributed by atoms with E-state index in [1.165, 1.54) is 17.7 Å². The van der Waals surface area contributed by atoms with Crippen molar-refractivity contribution in [2.75, 3.05) is 0 Å². The van der Waals surface area contributed by atoms with Gasteiger partial charge in [-0.25, -0.2) is 9.18 Å². The minimum absolute atomic E-state index is 0.0419. The normalized spacial score (nSPS) is 14.5. The van der Waals surface area contributed by atoms with Gasteiger partial charge in [-0.1, -0.05) is 81.4 Å². The molecule has 1 aliphatic rings. The van der Waals surface area contributed by atoms with Gasteiger partial charge in [0.05, 0.1) is 5.92 Å². The smallest absolute Gasteiger partial charge is 0.336 e. The molecule has 0 aromatic heterocycles. The molecule has 1 aliphatic heterocycles. The summed E-state index contributed by atoms with van der Waals surface area (Å²) in [6.07, 6.45) is 3.06. The fourth-order valence-electron chi connectivity index (χ4n) is 4.81. The van der Waals surface area contributed by atoms with Gasteiger partial charge in [0.25, 0.3) is 0 Å². The van der Waals surface area contributed by atoms with Crippen LogP contribution in [0, 0.1) is 17.1 Å². The van der Waals surface area contributed by atoms with E-state index in [9.17, 15) is 14.4 Å². The Morgan fingerprint density at radius 2 is 1.77 bits per heavy atom. The number of halogens is 1. The van der Waals surface area contributed by atoms with E-state index in [1.807, 2.05) is 30.3 Å². The number of hydrogen-bond donors (Lipinski definition) is 1. The lowest BCUT2D eigenvalue weighted by molar-refractivity contribution is -0.128. The number of fused-ring (bicyclic) bond motifs is 1. The van der Waals surface area contributed by atoms with Gasteiger partial charge in [0.1, 0.15) is 41.3 Å². The molecule has 0 radical (unpaired) electrons. The molecular formula is C36H31FN2O4. The molecule has 1 heterocycles. The Bertz CT molecular complexity index is 1760. The molecule has 2 N–H and O–H groups in total. The first-order chi connectivity index (χ1) is 20.6. The van der Waals surface area contributed by atoms with Crippen LogP contribution in [0.1, 0.15) is 54.5 Å². The van der Waals surface area contributed by atoms with Gasteiger partial charge in [-0.3, -0.25) is 0 Å². The molecule has 216 valence electrons. The summed E-state index contributed by atoms with van der Waals surface area (Å²) in [6.45, 7) is 6.49. The Kier molecular flexibility index (Phi) is 8.31. The third-order valence-corrected chi connectivity index (χ3v) is 7.14. The van der Waals surface area contributed by atoms with Crippen molar-refractivity contribution >= 4 is 12.0 Å². The summed E-state index contributed by atoms with van der Waals surface area (Å²) < 4.78 is 31.2. The molecule has 43 heavy (non-hydrogen) atoms. The van der Waals surface area contributed by atoms with Crippen molar-refractivity contribution in [1.82, 2.24) is 0 Å². The third-order valence-electron chi connectivity index (χ3n) is 7.14. The van der Waals surface area contributed by atoms with Gasteiger partial charge in [-0.15, -0.1) is 0 Å². The molecule has 0 bridgehead atoms. The minimum Gasteiger partial charge on any atom is -0.489 e. The van der Waals surface area contributed by atoms with E-state index < -0.39 is 11.9 Å². The topological polar surface area (TPSA) is 94.6 Å². The van der Waals surface area contributed by atoms with Crippen LogP contribution in [0.4, 0.5) is 4.39 Å². The van der Waals surface area contributed by atoms with Crippen LogP contribution >= 0.6 is 0 Å². The third kappa shape index (κ3) is 6.77. The van der Waals surface area contributed by atoms with Crippen LogP contribution in [-0.4, -0.2) is 5.97 Å². The highest BCUT2D eigenvalue weighted by Gasteiger charge is 2.31. The maximum absolute atomic E-state index is 14.1. The van der Waals surface area contributed by atoms with Crippen molar-refractivity contribution in [3.63, 3.8) is 0 Å². The van der Waals surface area contributed by atoms with Crippen LogP contribution in [0.5, 0.6) is 17.2 Å². The van der Waals surface area contributed by atoms with Crippen LogP contribution in [0.2, 0.25) is 0 Å². The zero-order valence-corrected chi connectivity index (χ0v) is 24.1. The van der Waals surface area contributed by atoms with Gasteiger partial charge < -0.3 is 19.9 Å². The number of carbonyl (C=O) groups is 1. The summed E-state index contributed by atoms with van der Waals surface area (Å²) in [5.41, 5.74) is 10.4. The first-order valence-electron chi connectivity index (χ1n) is 13.8. The van der Waals surface area contributed by atoms with Crippen molar-refractivity contribution in [1.29, 1.82) is 5.26 Å². The van der Waals surface area contributed by atoms with E-state index in [4.69, 9.17) is 19.9 Å². The number of carbonyl (C=O) groups excluding carboxylic acids is 1. The fourth-order valence-corrected chi connectivity index (χ4v) is 4.81. The molecule has 1 unspecified atom stereocenters. The Hall–Kier alpha value is -5.35. The lowest BCUT2D eigenvalue weighted by Crippen LogP contribution is -2.21. The summed E-state index contributed by atoms with van der Waals surface area (Å²) in [6, 6.07) is 28.7. The second-order valence-electron chi connectivity index (χ2n) is 11.2. The number of nitriles is 1. The number of nitrogens with two attached hydrogens (primary N) is 1. The number of ether oxygens (including phenoxy) is 3. The molecule has 0 aliphatic carbocycles. The lowest BCUT2D eigenvalue weighted by Gasteiger charge is -2.27. The van der Waals surface area contributed by atoms with Gasteiger partial charge in [0, 0.05) is 23.3 Å². The number of allylic oxidation sites excluding steroid dienone is 1. The highest BCUT2D eigenvalue weighted by atomic mass is 19.1. The standard InChI is InChI=1S/C36H31FN2O4/c1-36(2,3)26-14-11-23(12-15-26)13-18-33(40)42-28-16-17-29-32(20-28)43-35(39)30(21-38)34(29)24-8-6-9-27(19-24)41-22-25-7-4-5-10-31(25)37/h4-20,34H,22,39H2,1-3H3/b18-13+. The molecule has 0 fully saturated rings. The quantitative estimate of drug-likeness (QED) is 0.139. The van der Waals surface area contributed by atoms with Crippen molar-refractivity contribution in [2.24, 2.45) is 5.73 Å². The Balaban J connectivity index is 1.34. The van der Waals surface area contributed by atoms with Crippen LogP contribution < -0.4 is 19.9 Å². The minimum atomic E-state index is -0.550. The lowest BCUT2D eigenvalue weighted by atomic mass is 9.83. The van der Waals surface area contributed by atoms with E-state index >= 15 is 0 Å². The number of hydrogen-bond acceptors (Lipinski definition) is 6. The first-order valence-corrected chi connectivity index (χ1v) is 13.8. The molecular weight excluding hydrogens is 543 g/mol. The van der Waals surface area contributed by atoms with Crippen LogP contribution in [0.15, 0.2) is 109 Å². The van der Waals surface area contributed by atoms with E-state index in [-0.39, 0.29) is 35.0 Å². The van der Waals surface area contributed by atoms with Gasteiger partial charge in [-0.2, -0.15) is 5.26 Å². The predicted octanol–water partition coefficient (Wildman–Crippen LogP) is 7.54. The molecule has 7 heteroatoms. The van der Waals surface area contributed by atoms with Crippen molar-refractivity contribution in [3.05, 3.63) is 142 Å². The number of nitrogens with zero attached hydrogens (tertiary/aromatic N) is 1. The average molecular weight is 575 g/mol. The monoisotopic (exact) mass is 574 g/mol. The highest BCUT2D eigenvalue weighted by Crippen LogP contribution is 2.44. The highest BCUT2D eigenvalue weighted by molar-refractivity contribution is 5.88. The molecule has 4 aromatic carbocycles. The molecule has 6 nitrogen and oxygen atoms in total. The number of rotatable bonds is 7. The Labute approximate surface area is 250 Å². The summed E-state index contributed by atoms with van der Waals surface area (Å²) in [5.74, 6) is -0.340. The van der Waals surface area contributed by atoms with Crippen molar-refractivity contribution < 1.29 is 23.4 Å². The second-order valence-corrected chi connectivity index (χ2v) is 11.2. The maximum Gasteiger partial charge on any atom is 0.336 e. The molecule has 0 saturated heterocycles. The van der Waals surface area contributed by atoms with Gasteiger partial charge >= 0.3 is 5.97 Å². The summed E-state index contributed by atoms with van der Waals surface area (Å²) in [5, 5.41) is 9.93. The SMILES string of the molecule is CC(C)(C)c1ccc(/C=C/C(=O)Oc2ccc3c(c2)OC(N)=C(C#N)C3c2cccc(OCc3ccccc3F)c2)cc1. The zero-order chi connectivity index (χ0) is 30.6. The molecule has 0 amide bonds. The molecule has 0 saturated carbocycles. The van der Waals surface area contributed by atoms with Crippen molar-refractivity contribution in [3.8, 4) is 23.3 Å². The van der Waals surface area contributed by atoms with Crippen molar-refractivity contribution in [2.45, 2.75) is 38.7 Å². The fraction of sp³-hybridized carbons (Fsp3) is 0.167. The number of esters is 1. The van der Waals surface area contributed by atoms with Crippen LogP contribution in [0.25, 0.3) is 6.08 Å². The second kappa shape index (κ2) is 12.3. The molecule has 5 rings (SSSR count). The van der Waals surface area contributed by atoms with E-state index in [0.29, 0.717) is 22.6 Å². The Morgan fingerprint density at radius 3 is 2.49 bits per heavy atom. The molecule has 0 spiro atoms. The van der Waals surface area contributed by atoms with Gasteiger partial charge in [-0.05, 0) is 52.4 Å². The van der Waals surface area contributed by atoms with E-state index in [1.54, 1.807) is 60.7 Å². The summed E-state index contributed by atoms with van der Waals surface area (Å²) >= 11 is 0. The van der Waals surface area contributed by atoms with Crippen LogP contribution in [0.3, 0.4) is 0 Å². The zero-order valence-electron chi connectivity index (χ0n) is 24.1. The first kappa shape index (κ1) is 29.2. The number of benzene rings is 4. The molecule has 1 atom stereocenters.